The normalized spacial score (nSPS) is 28.6. The van der Waals surface area contributed by atoms with Crippen LogP contribution in [-0.2, 0) is 4.74 Å². The molecule has 1 saturated heterocycles. The highest BCUT2D eigenvalue weighted by molar-refractivity contribution is 7.98. The molecule has 22 heavy (non-hydrogen) atoms. The standard InChI is InChI=1S/C13H16ClN3O4S/c1-5-3-17(12-9(20)8(19)6(4-18)21-12)11-7(5)10(14)15-13(16-11)22-2/h3,6,8-9,12,18-20H,4H2,1-2H3/t6?,8-,9-,12+/m1/s1. The molecule has 3 rings (SSSR count). The summed E-state index contributed by atoms with van der Waals surface area (Å²) in [6, 6.07) is 0. The molecule has 0 spiro atoms. The van der Waals surface area contributed by atoms with Gasteiger partial charge in [-0.05, 0) is 18.7 Å². The molecule has 1 unspecified atom stereocenters. The lowest BCUT2D eigenvalue weighted by atomic mass is 10.1. The first-order valence-electron chi connectivity index (χ1n) is 6.69. The largest absolute Gasteiger partial charge is 0.394 e. The van der Waals surface area contributed by atoms with Crippen LogP contribution in [0.3, 0.4) is 0 Å². The molecular formula is C13H16ClN3O4S. The summed E-state index contributed by atoms with van der Waals surface area (Å²) in [5, 5.41) is 30.8. The van der Waals surface area contributed by atoms with Crippen LogP contribution in [0.15, 0.2) is 11.4 Å². The highest BCUT2D eigenvalue weighted by Gasteiger charge is 2.44. The Bertz CT molecular complexity index is 710. The van der Waals surface area contributed by atoms with Crippen LogP contribution in [0.25, 0.3) is 11.0 Å². The molecular weight excluding hydrogens is 330 g/mol. The van der Waals surface area contributed by atoms with E-state index in [2.05, 4.69) is 9.97 Å². The first-order valence-corrected chi connectivity index (χ1v) is 8.29. The Morgan fingerprint density at radius 2 is 2.09 bits per heavy atom. The molecule has 0 aliphatic carbocycles. The number of fused-ring (bicyclic) bond motifs is 1. The molecule has 9 heteroatoms. The van der Waals surface area contributed by atoms with Crippen LogP contribution in [0.5, 0.6) is 0 Å². The van der Waals surface area contributed by atoms with Gasteiger partial charge in [-0.15, -0.1) is 0 Å². The van der Waals surface area contributed by atoms with Crippen molar-refractivity contribution in [3.8, 4) is 0 Å². The number of rotatable bonds is 3. The Balaban J connectivity index is 2.13. The van der Waals surface area contributed by atoms with Crippen molar-refractivity contribution in [2.24, 2.45) is 0 Å². The average Bonchev–Trinajstić information content (AvgIpc) is 2.98. The van der Waals surface area contributed by atoms with Crippen LogP contribution < -0.4 is 0 Å². The zero-order valence-corrected chi connectivity index (χ0v) is 13.5. The summed E-state index contributed by atoms with van der Waals surface area (Å²) in [7, 11) is 0. The minimum absolute atomic E-state index is 0.331. The van der Waals surface area contributed by atoms with E-state index in [9.17, 15) is 15.3 Å². The molecule has 1 fully saturated rings. The van der Waals surface area contributed by atoms with Crippen molar-refractivity contribution in [1.29, 1.82) is 0 Å². The van der Waals surface area contributed by atoms with Gasteiger partial charge in [-0.25, -0.2) is 9.97 Å². The minimum Gasteiger partial charge on any atom is -0.394 e. The fourth-order valence-corrected chi connectivity index (χ4v) is 3.38. The van der Waals surface area contributed by atoms with Crippen LogP contribution in [0, 0.1) is 6.92 Å². The molecule has 3 heterocycles. The van der Waals surface area contributed by atoms with Crippen LogP contribution >= 0.6 is 23.4 Å². The molecule has 7 nitrogen and oxygen atoms in total. The van der Waals surface area contributed by atoms with Gasteiger partial charge in [0.1, 0.15) is 29.1 Å². The van der Waals surface area contributed by atoms with Gasteiger partial charge in [-0.2, -0.15) is 0 Å². The topological polar surface area (TPSA) is 101 Å². The lowest BCUT2D eigenvalue weighted by Crippen LogP contribution is -2.33. The van der Waals surface area contributed by atoms with Gasteiger partial charge in [-0.1, -0.05) is 23.4 Å². The van der Waals surface area contributed by atoms with Crippen molar-refractivity contribution >= 4 is 34.4 Å². The molecule has 2 aromatic rings. The Labute approximate surface area is 135 Å². The molecule has 2 aromatic heterocycles. The van der Waals surface area contributed by atoms with Crippen LogP contribution in [-0.4, -0.2) is 61.0 Å². The van der Waals surface area contributed by atoms with Crippen LogP contribution in [0.4, 0.5) is 0 Å². The van der Waals surface area contributed by atoms with Gasteiger partial charge in [0, 0.05) is 6.20 Å². The monoisotopic (exact) mass is 345 g/mol. The third-order valence-corrected chi connectivity index (χ3v) is 4.59. The Kier molecular flexibility index (Phi) is 4.32. The van der Waals surface area contributed by atoms with E-state index in [0.29, 0.717) is 21.3 Å². The van der Waals surface area contributed by atoms with E-state index in [0.717, 1.165) is 5.56 Å². The van der Waals surface area contributed by atoms with Gasteiger partial charge in [0.15, 0.2) is 11.4 Å². The number of hydrogen-bond donors (Lipinski definition) is 3. The second-order valence-electron chi connectivity index (χ2n) is 5.15. The zero-order chi connectivity index (χ0) is 16.0. The highest BCUT2D eigenvalue weighted by Crippen LogP contribution is 2.35. The Morgan fingerprint density at radius 3 is 2.68 bits per heavy atom. The smallest absolute Gasteiger partial charge is 0.190 e. The first kappa shape index (κ1) is 16.0. The third-order valence-electron chi connectivity index (χ3n) is 3.77. The van der Waals surface area contributed by atoms with E-state index >= 15 is 0 Å². The maximum Gasteiger partial charge on any atom is 0.190 e. The maximum atomic E-state index is 10.2. The van der Waals surface area contributed by atoms with Crippen molar-refractivity contribution in [3.05, 3.63) is 16.9 Å². The second-order valence-corrected chi connectivity index (χ2v) is 6.28. The molecule has 0 aromatic carbocycles. The highest BCUT2D eigenvalue weighted by atomic mass is 35.5. The zero-order valence-electron chi connectivity index (χ0n) is 12.0. The van der Waals surface area contributed by atoms with E-state index in [4.69, 9.17) is 16.3 Å². The second kappa shape index (κ2) is 5.95. The maximum absolute atomic E-state index is 10.2. The lowest BCUT2D eigenvalue weighted by molar-refractivity contribution is -0.0509. The molecule has 1 aliphatic heterocycles. The molecule has 4 atom stereocenters. The van der Waals surface area contributed by atoms with Gasteiger partial charge < -0.3 is 24.6 Å². The quantitative estimate of drug-likeness (QED) is 0.428. The summed E-state index contributed by atoms with van der Waals surface area (Å²) in [4.78, 5) is 8.62. The van der Waals surface area contributed by atoms with Crippen LogP contribution in [0.1, 0.15) is 11.8 Å². The van der Waals surface area contributed by atoms with Gasteiger partial charge in [0.05, 0.1) is 12.0 Å². The summed E-state index contributed by atoms with van der Waals surface area (Å²) < 4.78 is 7.19. The molecule has 0 bridgehead atoms. The minimum atomic E-state index is -1.17. The molecule has 1 aliphatic rings. The summed E-state index contributed by atoms with van der Waals surface area (Å²) in [5.74, 6) is 0. The Morgan fingerprint density at radius 1 is 1.36 bits per heavy atom. The number of halogens is 1. The summed E-state index contributed by atoms with van der Waals surface area (Å²) in [6.07, 6.45) is -0.428. The number of aliphatic hydroxyl groups is 3. The lowest BCUT2D eigenvalue weighted by Gasteiger charge is -2.17. The summed E-state index contributed by atoms with van der Waals surface area (Å²) in [6.45, 7) is 1.48. The summed E-state index contributed by atoms with van der Waals surface area (Å²) >= 11 is 7.57. The van der Waals surface area contributed by atoms with Crippen LogP contribution in [0.2, 0.25) is 5.15 Å². The predicted molar refractivity (Wildman–Crippen MR) is 82.1 cm³/mol. The van der Waals surface area contributed by atoms with Crippen molar-refractivity contribution in [2.75, 3.05) is 12.9 Å². The SMILES string of the molecule is CSc1nc(Cl)c2c(C)cn([C@H]3OC(CO)[C@@H](O)[C@H]3O)c2n1. The number of ether oxygens (including phenoxy) is 1. The summed E-state index contributed by atoms with van der Waals surface area (Å²) in [5.41, 5.74) is 1.36. The van der Waals surface area contributed by atoms with Crippen molar-refractivity contribution in [2.45, 2.75) is 36.6 Å². The molecule has 0 saturated carbocycles. The van der Waals surface area contributed by atoms with Crippen molar-refractivity contribution < 1.29 is 20.1 Å². The number of nitrogens with zero attached hydrogens (tertiary/aromatic N) is 3. The predicted octanol–water partition coefficient (Wildman–Crippen LogP) is 0.727. The number of aromatic nitrogens is 3. The molecule has 0 radical (unpaired) electrons. The van der Waals surface area contributed by atoms with Crippen molar-refractivity contribution in [3.63, 3.8) is 0 Å². The fourth-order valence-electron chi connectivity index (χ4n) is 2.66. The van der Waals surface area contributed by atoms with Gasteiger partial charge >= 0.3 is 0 Å². The van der Waals surface area contributed by atoms with E-state index in [-0.39, 0.29) is 6.61 Å². The first-order chi connectivity index (χ1) is 10.5. The molecule has 0 amide bonds. The number of aryl methyl sites for hydroxylation is 1. The van der Waals surface area contributed by atoms with Gasteiger partial charge in [-0.3, -0.25) is 0 Å². The fraction of sp³-hybridized carbons (Fsp3) is 0.538. The van der Waals surface area contributed by atoms with Crippen molar-refractivity contribution in [1.82, 2.24) is 14.5 Å². The number of aliphatic hydroxyl groups excluding tert-OH is 3. The van der Waals surface area contributed by atoms with E-state index in [1.807, 2.05) is 13.2 Å². The van der Waals surface area contributed by atoms with Gasteiger partial charge in [0.2, 0.25) is 0 Å². The third kappa shape index (κ3) is 2.40. The van der Waals surface area contributed by atoms with E-state index in [1.165, 1.54) is 11.8 Å². The average molecular weight is 346 g/mol. The molecule has 3 N–H and O–H groups in total. The molecule has 120 valence electrons. The van der Waals surface area contributed by atoms with E-state index in [1.54, 1.807) is 10.8 Å². The van der Waals surface area contributed by atoms with Gasteiger partial charge in [0.25, 0.3) is 0 Å². The van der Waals surface area contributed by atoms with E-state index < -0.39 is 24.5 Å². The Hall–Kier alpha value is -0.900. The number of hydrogen-bond acceptors (Lipinski definition) is 7. The number of thioether (sulfide) groups is 1.